The Labute approximate surface area is 209 Å². The Morgan fingerprint density at radius 1 is 1.00 bits per heavy atom. The van der Waals surface area contributed by atoms with E-state index in [1.54, 1.807) is 12.1 Å². The van der Waals surface area contributed by atoms with Crippen LogP contribution in [0.1, 0.15) is 15.9 Å². The van der Waals surface area contributed by atoms with E-state index in [4.69, 9.17) is 11.6 Å². The Bertz CT molecular complexity index is 1580. The van der Waals surface area contributed by atoms with Gasteiger partial charge in [-0.15, -0.1) is 0 Å². The van der Waals surface area contributed by atoms with Crippen LogP contribution in [0.2, 0.25) is 5.02 Å². The largest absolute Gasteiger partial charge is 0.478 e. The molecule has 5 rings (SSSR count). The average Bonchev–Trinajstić information content (AvgIpc) is 2.89. The molecular formula is C26H18ClFN6O2. The van der Waals surface area contributed by atoms with E-state index in [9.17, 15) is 14.3 Å². The fourth-order valence-electron chi connectivity index (χ4n) is 3.58. The summed E-state index contributed by atoms with van der Waals surface area (Å²) in [4.78, 5) is 29.2. The second-order valence-corrected chi connectivity index (χ2v) is 8.21. The van der Waals surface area contributed by atoms with Crippen molar-refractivity contribution in [2.45, 2.75) is 6.54 Å². The Morgan fingerprint density at radius 3 is 2.64 bits per heavy atom. The number of pyridine rings is 2. The number of nitrogens with one attached hydrogen (secondary N) is 2. The third-order valence-electron chi connectivity index (χ3n) is 5.35. The van der Waals surface area contributed by atoms with Crippen LogP contribution in [0.3, 0.4) is 0 Å². The van der Waals surface area contributed by atoms with Gasteiger partial charge in [-0.3, -0.25) is 4.98 Å². The molecule has 3 heterocycles. The number of fused-ring (bicyclic) bond motifs is 1. The molecule has 3 aromatic heterocycles. The number of anilines is 3. The van der Waals surface area contributed by atoms with E-state index in [2.05, 4.69) is 30.6 Å². The minimum atomic E-state index is -1.16. The van der Waals surface area contributed by atoms with Gasteiger partial charge in [0.1, 0.15) is 23.0 Å². The average molecular weight is 501 g/mol. The van der Waals surface area contributed by atoms with Crippen molar-refractivity contribution in [3.8, 4) is 11.4 Å². The molecule has 5 aromatic rings. The quantitative estimate of drug-likeness (QED) is 0.252. The molecule has 0 aliphatic carbocycles. The fourth-order valence-corrected chi connectivity index (χ4v) is 3.75. The van der Waals surface area contributed by atoms with Gasteiger partial charge in [-0.05, 0) is 42.0 Å². The topological polar surface area (TPSA) is 113 Å². The van der Waals surface area contributed by atoms with Crippen molar-refractivity contribution in [3.63, 3.8) is 0 Å². The first-order chi connectivity index (χ1) is 17.5. The van der Waals surface area contributed by atoms with Crippen LogP contribution in [-0.4, -0.2) is 31.0 Å². The van der Waals surface area contributed by atoms with Crippen LogP contribution in [0.4, 0.5) is 21.7 Å². The predicted octanol–water partition coefficient (Wildman–Crippen LogP) is 5.93. The molecule has 0 spiro atoms. The molecule has 0 amide bonds. The maximum absolute atomic E-state index is 14.7. The Kier molecular flexibility index (Phi) is 6.38. The number of hydrogen-bond acceptors (Lipinski definition) is 7. The number of benzene rings is 2. The lowest BCUT2D eigenvalue weighted by Gasteiger charge is -2.13. The van der Waals surface area contributed by atoms with Crippen molar-refractivity contribution in [1.29, 1.82) is 0 Å². The van der Waals surface area contributed by atoms with Gasteiger partial charge in [0.2, 0.25) is 0 Å². The van der Waals surface area contributed by atoms with Gasteiger partial charge in [-0.25, -0.2) is 24.1 Å². The van der Waals surface area contributed by atoms with Gasteiger partial charge >= 0.3 is 5.97 Å². The highest BCUT2D eigenvalue weighted by atomic mass is 35.5. The Hall–Kier alpha value is -4.63. The van der Waals surface area contributed by atoms with E-state index in [-0.39, 0.29) is 34.1 Å². The lowest BCUT2D eigenvalue weighted by Crippen LogP contribution is -2.07. The molecule has 2 aromatic carbocycles. The number of aromatic nitrogens is 4. The van der Waals surface area contributed by atoms with Crippen LogP contribution >= 0.6 is 11.6 Å². The predicted molar refractivity (Wildman–Crippen MR) is 136 cm³/mol. The zero-order chi connectivity index (χ0) is 25.1. The zero-order valence-electron chi connectivity index (χ0n) is 18.6. The van der Waals surface area contributed by atoms with Crippen LogP contribution in [-0.2, 0) is 6.54 Å². The van der Waals surface area contributed by atoms with Crippen molar-refractivity contribution >= 4 is 45.9 Å². The number of rotatable bonds is 7. The summed E-state index contributed by atoms with van der Waals surface area (Å²) in [6, 6.07) is 19.0. The van der Waals surface area contributed by atoms with Crippen molar-refractivity contribution < 1.29 is 14.3 Å². The smallest absolute Gasteiger partial charge is 0.339 e. The zero-order valence-corrected chi connectivity index (χ0v) is 19.4. The van der Waals surface area contributed by atoms with Crippen LogP contribution < -0.4 is 10.6 Å². The highest BCUT2D eigenvalue weighted by Crippen LogP contribution is 2.30. The number of hydrogen-bond donors (Lipinski definition) is 3. The standard InChI is InChI=1S/C26H18ClFN6O2/c27-16-6-8-20(28)18(12-16)25-33-23(31-21-10-11-29-14-19(21)26(35)36)17-7-9-22(32-24(17)34-25)30-13-15-4-2-1-3-5-15/h1-12,14H,13H2,(H,35,36)(H2,29,30,31,32,33,34). The molecule has 0 bridgehead atoms. The summed E-state index contributed by atoms with van der Waals surface area (Å²) in [5.74, 6) is -0.855. The first-order valence-corrected chi connectivity index (χ1v) is 11.2. The van der Waals surface area contributed by atoms with Gasteiger partial charge in [-0.2, -0.15) is 0 Å². The second kappa shape index (κ2) is 9.93. The third kappa shape index (κ3) is 4.91. The number of carboxylic acid groups (broad SMARTS) is 1. The maximum atomic E-state index is 14.7. The molecule has 0 aliphatic rings. The normalized spacial score (nSPS) is 10.8. The van der Waals surface area contributed by atoms with Crippen molar-refractivity contribution in [3.05, 3.63) is 101 Å². The van der Waals surface area contributed by atoms with E-state index in [0.29, 0.717) is 22.8 Å². The third-order valence-corrected chi connectivity index (χ3v) is 5.59. The maximum Gasteiger partial charge on any atom is 0.339 e. The molecule has 0 saturated heterocycles. The molecule has 10 heteroatoms. The molecular weight excluding hydrogens is 483 g/mol. The van der Waals surface area contributed by atoms with Gasteiger partial charge in [0.25, 0.3) is 0 Å². The first-order valence-electron chi connectivity index (χ1n) is 10.8. The molecule has 0 radical (unpaired) electrons. The van der Waals surface area contributed by atoms with E-state index in [0.717, 1.165) is 5.56 Å². The van der Waals surface area contributed by atoms with Gasteiger partial charge in [0.15, 0.2) is 11.5 Å². The van der Waals surface area contributed by atoms with Crippen molar-refractivity contribution in [2.24, 2.45) is 0 Å². The highest BCUT2D eigenvalue weighted by molar-refractivity contribution is 6.30. The van der Waals surface area contributed by atoms with Crippen LogP contribution in [0.5, 0.6) is 0 Å². The molecule has 0 atom stereocenters. The molecule has 178 valence electrons. The Morgan fingerprint density at radius 2 is 1.83 bits per heavy atom. The van der Waals surface area contributed by atoms with E-state index < -0.39 is 11.8 Å². The molecule has 0 fully saturated rings. The lowest BCUT2D eigenvalue weighted by atomic mass is 10.2. The Balaban J connectivity index is 1.61. The molecule has 0 saturated carbocycles. The monoisotopic (exact) mass is 500 g/mol. The molecule has 0 aliphatic heterocycles. The van der Waals surface area contributed by atoms with Crippen molar-refractivity contribution in [2.75, 3.05) is 10.6 Å². The van der Waals surface area contributed by atoms with E-state index >= 15 is 0 Å². The first kappa shape index (κ1) is 23.1. The summed E-state index contributed by atoms with van der Waals surface area (Å²) in [5.41, 5.74) is 1.66. The minimum Gasteiger partial charge on any atom is -0.478 e. The molecule has 0 unspecified atom stereocenters. The summed E-state index contributed by atoms with van der Waals surface area (Å²) in [5, 5.41) is 16.7. The number of halogens is 2. The summed E-state index contributed by atoms with van der Waals surface area (Å²) >= 11 is 6.10. The molecule has 8 nitrogen and oxygen atoms in total. The molecule has 36 heavy (non-hydrogen) atoms. The SMILES string of the molecule is O=C(O)c1cnccc1Nc1nc(-c2cc(Cl)ccc2F)nc2nc(NCc3ccccc3)ccc12. The number of aromatic carboxylic acids is 1. The summed E-state index contributed by atoms with van der Waals surface area (Å²) in [7, 11) is 0. The van der Waals surface area contributed by atoms with Crippen LogP contribution in [0, 0.1) is 5.82 Å². The van der Waals surface area contributed by atoms with Gasteiger partial charge in [0, 0.05) is 24.0 Å². The van der Waals surface area contributed by atoms with E-state index in [1.165, 1.54) is 36.7 Å². The van der Waals surface area contributed by atoms with E-state index in [1.807, 2.05) is 30.3 Å². The van der Waals surface area contributed by atoms with Gasteiger partial charge in [0.05, 0.1) is 16.6 Å². The highest BCUT2D eigenvalue weighted by Gasteiger charge is 2.17. The van der Waals surface area contributed by atoms with Gasteiger partial charge in [-0.1, -0.05) is 41.9 Å². The molecule has 3 N–H and O–H groups in total. The fraction of sp³-hybridized carbons (Fsp3) is 0.0385. The lowest BCUT2D eigenvalue weighted by molar-refractivity contribution is 0.0697. The summed E-state index contributed by atoms with van der Waals surface area (Å²) in [6.07, 6.45) is 2.69. The summed E-state index contributed by atoms with van der Waals surface area (Å²) < 4.78 is 14.7. The number of nitrogens with zero attached hydrogens (tertiary/aromatic N) is 4. The van der Waals surface area contributed by atoms with Crippen LogP contribution in [0.25, 0.3) is 22.4 Å². The van der Waals surface area contributed by atoms with Crippen LogP contribution in [0.15, 0.2) is 79.1 Å². The number of carboxylic acids is 1. The minimum absolute atomic E-state index is 0.0450. The summed E-state index contributed by atoms with van der Waals surface area (Å²) in [6.45, 7) is 0.546. The number of carbonyl (C=O) groups is 1. The van der Waals surface area contributed by atoms with Crippen molar-refractivity contribution in [1.82, 2.24) is 19.9 Å². The second-order valence-electron chi connectivity index (χ2n) is 7.78. The van der Waals surface area contributed by atoms with Gasteiger partial charge < -0.3 is 15.7 Å².